The van der Waals surface area contributed by atoms with Gasteiger partial charge in [-0.1, -0.05) is 18.2 Å². The van der Waals surface area contributed by atoms with Crippen LogP contribution in [0.4, 0.5) is 0 Å². The zero-order valence-electron chi connectivity index (χ0n) is 9.57. The zero-order valence-corrected chi connectivity index (χ0v) is 10.4. The predicted octanol–water partition coefficient (Wildman–Crippen LogP) is 3.69. The van der Waals surface area contributed by atoms with Gasteiger partial charge in [0.05, 0.1) is 0 Å². The molecular weight excluding hydrogens is 214 g/mol. The van der Waals surface area contributed by atoms with Crippen LogP contribution in [0.15, 0.2) is 23.6 Å². The lowest BCUT2D eigenvalue weighted by atomic mass is 9.90. The summed E-state index contributed by atoms with van der Waals surface area (Å²) >= 11 is 1.90. The summed E-state index contributed by atoms with van der Waals surface area (Å²) in [5.74, 6) is 0.744. The van der Waals surface area contributed by atoms with E-state index in [2.05, 4.69) is 35.8 Å². The van der Waals surface area contributed by atoms with E-state index >= 15 is 0 Å². The van der Waals surface area contributed by atoms with Gasteiger partial charge in [0.2, 0.25) is 0 Å². The van der Waals surface area contributed by atoms with Gasteiger partial charge in [0.1, 0.15) is 0 Å². The van der Waals surface area contributed by atoms with E-state index in [4.69, 9.17) is 0 Å². The summed E-state index contributed by atoms with van der Waals surface area (Å²) in [6.45, 7) is 4.31. The molecule has 1 saturated heterocycles. The van der Waals surface area contributed by atoms with Crippen molar-refractivity contribution in [2.24, 2.45) is 0 Å². The number of thiophene rings is 1. The molecule has 0 saturated carbocycles. The lowest BCUT2D eigenvalue weighted by molar-refractivity contribution is 0.456. The minimum Gasteiger partial charge on any atom is -0.242 e. The summed E-state index contributed by atoms with van der Waals surface area (Å²) in [6.07, 6.45) is 2.47. The number of fused-ring (bicyclic) bond motifs is 1. The first kappa shape index (κ1) is 10.3. The average Bonchev–Trinajstić information content (AvgIpc) is 2.75. The number of hydrogen-bond donors (Lipinski definition) is 0. The van der Waals surface area contributed by atoms with Crippen molar-refractivity contribution >= 4 is 21.4 Å². The first-order valence-corrected chi connectivity index (χ1v) is 6.84. The second-order valence-corrected chi connectivity index (χ2v) is 5.47. The third-order valence-corrected chi connectivity index (χ3v) is 4.69. The lowest BCUT2D eigenvalue weighted by Gasteiger charge is -2.21. The third-order valence-electron chi connectivity index (χ3n) is 3.54. The normalized spacial score (nSPS) is 18.1. The summed E-state index contributed by atoms with van der Waals surface area (Å²) in [5.41, 5.74) is 2.98. The molecule has 2 aromatic rings. The molecule has 0 spiro atoms. The molecule has 1 radical (unpaired) electrons. The zero-order chi connectivity index (χ0) is 11.0. The number of rotatable bonds is 1. The van der Waals surface area contributed by atoms with Crippen LogP contribution in [0.2, 0.25) is 0 Å². The molecule has 1 aromatic carbocycles. The first-order chi connectivity index (χ1) is 7.86. The first-order valence-electron chi connectivity index (χ1n) is 5.96. The third kappa shape index (κ3) is 1.66. The number of aryl methyl sites for hydroxylation is 1. The number of piperidine rings is 1. The van der Waals surface area contributed by atoms with Crippen molar-refractivity contribution in [3.8, 4) is 0 Å². The van der Waals surface area contributed by atoms with Crippen LogP contribution in [0.5, 0.6) is 0 Å². The van der Waals surface area contributed by atoms with Gasteiger partial charge in [0.25, 0.3) is 0 Å². The summed E-state index contributed by atoms with van der Waals surface area (Å²) in [4.78, 5) is 0. The van der Waals surface area contributed by atoms with E-state index in [9.17, 15) is 0 Å². The predicted molar refractivity (Wildman–Crippen MR) is 70.4 cm³/mol. The van der Waals surface area contributed by atoms with E-state index in [-0.39, 0.29) is 0 Å². The van der Waals surface area contributed by atoms with Gasteiger partial charge in [0.15, 0.2) is 0 Å². The molecule has 1 nitrogen and oxygen atoms in total. The van der Waals surface area contributed by atoms with E-state index < -0.39 is 0 Å². The Hall–Kier alpha value is -0.860. The van der Waals surface area contributed by atoms with Crippen molar-refractivity contribution < 1.29 is 0 Å². The van der Waals surface area contributed by atoms with Crippen LogP contribution in [0, 0.1) is 6.92 Å². The van der Waals surface area contributed by atoms with Gasteiger partial charge >= 0.3 is 0 Å². The molecule has 2 heteroatoms. The van der Waals surface area contributed by atoms with Crippen LogP contribution >= 0.6 is 11.3 Å². The van der Waals surface area contributed by atoms with Crippen molar-refractivity contribution in [3.63, 3.8) is 0 Å². The molecule has 1 aliphatic heterocycles. The topological polar surface area (TPSA) is 14.1 Å². The summed E-state index contributed by atoms with van der Waals surface area (Å²) in [6, 6.07) is 6.67. The summed E-state index contributed by atoms with van der Waals surface area (Å²) in [7, 11) is 0. The Morgan fingerprint density at radius 1 is 1.25 bits per heavy atom. The van der Waals surface area contributed by atoms with Crippen LogP contribution in [-0.2, 0) is 0 Å². The van der Waals surface area contributed by atoms with Gasteiger partial charge in [-0.15, -0.1) is 11.3 Å². The highest BCUT2D eigenvalue weighted by molar-refractivity contribution is 7.17. The van der Waals surface area contributed by atoms with Gasteiger partial charge in [0, 0.05) is 17.8 Å². The summed E-state index contributed by atoms with van der Waals surface area (Å²) in [5, 5.41) is 8.29. The second kappa shape index (κ2) is 4.19. The SMILES string of the molecule is Cc1cccc2c(C3CC[N]CC3)csc12. The lowest BCUT2D eigenvalue weighted by Crippen LogP contribution is -2.20. The van der Waals surface area contributed by atoms with Gasteiger partial charge in [-0.05, 0) is 47.6 Å². The van der Waals surface area contributed by atoms with Gasteiger partial charge in [-0.25, -0.2) is 5.32 Å². The van der Waals surface area contributed by atoms with Crippen molar-refractivity contribution in [2.75, 3.05) is 13.1 Å². The van der Waals surface area contributed by atoms with Crippen LogP contribution in [-0.4, -0.2) is 13.1 Å². The summed E-state index contributed by atoms with van der Waals surface area (Å²) < 4.78 is 1.47. The molecule has 0 aliphatic carbocycles. The fraction of sp³-hybridized carbons (Fsp3) is 0.429. The van der Waals surface area contributed by atoms with Crippen LogP contribution in [0.1, 0.15) is 29.9 Å². The Morgan fingerprint density at radius 3 is 2.88 bits per heavy atom. The molecule has 0 amide bonds. The second-order valence-electron chi connectivity index (χ2n) is 4.59. The molecule has 2 heterocycles. The van der Waals surface area contributed by atoms with Crippen LogP contribution < -0.4 is 5.32 Å². The fourth-order valence-corrected chi connectivity index (χ4v) is 3.73. The minimum absolute atomic E-state index is 0.744. The molecule has 0 N–H and O–H groups in total. The molecule has 0 bridgehead atoms. The molecular formula is C14H16NS. The van der Waals surface area contributed by atoms with E-state index in [1.54, 1.807) is 5.56 Å². The molecule has 1 aliphatic rings. The smallest absolute Gasteiger partial charge is 0.0374 e. The number of benzene rings is 1. The van der Waals surface area contributed by atoms with E-state index in [0.717, 1.165) is 19.0 Å². The molecule has 83 valence electrons. The minimum atomic E-state index is 0.744. The highest BCUT2D eigenvalue weighted by Crippen LogP contribution is 2.36. The van der Waals surface area contributed by atoms with Crippen molar-refractivity contribution in [3.05, 3.63) is 34.7 Å². The standard InChI is InChI=1S/C14H16NS/c1-10-3-2-4-12-13(9-16-14(10)12)11-5-7-15-8-6-11/h2-4,9,11H,5-8H2,1H3. The molecule has 0 unspecified atom stereocenters. The maximum Gasteiger partial charge on any atom is 0.0374 e. The van der Waals surface area contributed by atoms with Gasteiger partial charge in [-0.2, -0.15) is 0 Å². The van der Waals surface area contributed by atoms with E-state index in [1.165, 1.54) is 28.5 Å². The van der Waals surface area contributed by atoms with Gasteiger partial charge in [-0.3, -0.25) is 0 Å². The number of hydrogen-bond acceptors (Lipinski definition) is 1. The highest BCUT2D eigenvalue weighted by atomic mass is 32.1. The van der Waals surface area contributed by atoms with Crippen molar-refractivity contribution in [1.29, 1.82) is 0 Å². The highest BCUT2D eigenvalue weighted by Gasteiger charge is 2.19. The Morgan fingerprint density at radius 2 is 2.06 bits per heavy atom. The molecule has 1 aromatic heterocycles. The molecule has 3 rings (SSSR count). The Balaban J connectivity index is 2.06. The molecule has 16 heavy (non-hydrogen) atoms. The fourth-order valence-electron chi connectivity index (χ4n) is 2.60. The van der Waals surface area contributed by atoms with E-state index in [1.807, 2.05) is 11.3 Å². The average molecular weight is 230 g/mol. The maximum atomic E-state index is 4.44. The molecule has 1 fully saturated rings. The number of nitrogens with zero attached hydrogens (tertiary/aromatic N) is 1. The monoisotopic (exact) mass is 230 g/mol. The molecule has 0 atom stereocenters. The largest absolute Gasteiger partial charge is 0.242 e. The Labute approximate surface area is 100 Å². The van der Waals surface area contributed by atoms with Crippen molar-refractivity contribution in [1.82, 2.24) is 5.32 Å². The van der Waals surface area contributed by atoms with Crippen LogP contribution in [0.3, 0.4) is 0 Å². The van der Waals surface area contributed by atoms with Gasteiger partial charge < -0.3 is 0 Å². The Bertz CT molecular complexity index is 494. The van der Waals surface area contributed by atoms with Crippen LogP contribution in [0.25, 0.3) is 10.1 Å². The Kier molecular flexibility index (Phi) is 2.70. The maximum absolute atomic E-state index is 4.44. The quantitative estimate of drug-likeness (QED) is 0.709. The van der Waals surface area contributed by atoms with Crippen molar-refractivity contribution in [2.45, 2.75) is 25.7 Å². The van der Waals surface area contributed by atoms with E-state index in [0.29, 0.717) is 0 Å².